The van der Waals surface area contributed by atoms with Gasteiger partial charge in [-0.05, 0) is 6.20 Å². The van der Waals surface area contributed by atoms with Gasteiger partial charge in [-0.2, -0.15) is 0 Å². The lowest BCUT2D eigenvalue weighted by Gasteiger charge is -1.63. The third kappa shape index (κ3) is 3.60. The first kappa shape index (κ1) is 4.60. The highest BCUT2D eigenvalue weighted by Crippen LogP contribution is 1.53. The van der Waals surface area contributed by atoms with Gasteiger partial charge >= 0.3 is 0 Å². The van der Waals surface area contributed by atoms with E-state index in [9.17, 15) is 0 Å². The van der Waals surface area contributed by atoms with Crippen LogP contribution in [0.5, 0.6) is 0 Å². The number of hydrogen-bond acceptors (Lipinski definition) is 1. The van der Waals surface area contributed by atoms with E-state index < -0.39 is 0 Å². The Labute approximate surface area is 33.1 Å². The highest BCUT2D eigenvalue weighted by Gasteiger charge is 1.57. The predicted molar refractivity (Wildman–Crippen MR) is 24.9 cm³/mol. The van der Waals surface area contributed by atoms with Gasteiger partial charge in [0.15, 0.2) is 0 Å². The molecule has 0 aromatic heterocycles. The molecule has 0 saturated carbocycles. The molecule has 0 aromatic carbocycles. The lowest BCUT2D eigenvalue weighted by atomic mass is 9.83. The Morgan fingerprint density at radius 2 is 2.40 bits per heavy atom. The minimum Gasteiger partial charge on any atom is -0.406 e. The summed E-state index contributed by atoms with van der Waals surface area (Å²) in [7, 11) is 1.88. The van der Waals surface area contributed by atoms with Crippen LogP contribution in [0.25, 0.3) is 0 Å². The minimum atomic E-state index is 1.50. The van der Waals surface area contributed by atoms with E-state index in [4.69, 9.17) is 5.73 Å². The van der Waals surface area contributed by atoms with Gasteiger partial charge in [0.2, 0.25) is 0 Å². The van der Waals surface area contributed by atoms with Crippen LogP contribution < -0.4 is 5.73 Å². The summed E-state index contributed by atoms with van der Waals surface area (Å²) < 4.78 is 0. The SMILES string of the molecule is C[B]C=CN. The van der Waals surface area contributed by atoms with Crippen molar-refractivity contribution >= 4 is 7.28 Å². The topological polar surface area (TPSA) is 26.0 Å². The molecule has 0 heterocycles. The molecular formula is C3H7BN. The first-order chi connectivity index (χ1) is 2.41. The summed E-state index contributed by atoms with van der Waals surface area (Å²) in [5.74, 6) is 1.78. The van der Waals surface area contributed by atoms with Crippen LogP contribution in [0.4, 0.5) is 0 Å². The fourth-order valence-corrected chi connectivity index (χ4v) is 0.111. The van der Waals surface area contributed by atoms with Crippen molar-refractivity contribution in [1.29, 1.82) is 0 Å². The van der Waals surface area contributed by atoms with Gasteiger partial charge in [0.05, 0.1) is 0 Å². The van der Waals surface area contributed by atoms with E-state index in [1.165, 1.54) is 6.20 Å². The molecule has 0 spiro atoms. The van der Waals surface area contributed by atoms with Crippen molar-refractivity contribution in [1.82, 2.24) is 0 Å². The monoisotopic (exact) mass is 68.1 g/mol. The smallest absolute Gasteiger partial charge is 0.139 e. The third-order valence-corrected chi connectivity index (χ3v) is 0.304. The molecule has 5 heavy (non-hydrogen) atoms. The van der Waals surface area contributed by atoms with Crippen molar-refractivity contribution in [3.8, 4) is 0 Å². The van der Waals surface area contributed by atoms with Crippen LogP contribution in [-0.4, -0.2) is 7.28 Å². The van der Waals surface area contributed by atoms with Crippen LogP contribution >= 0.6 is 0 Å². The average molecular weight is 67.9 g/mol. The summed E-state index contributed by atoms with van der Waals surface area (Å²) in [6.45, 7) is 1.92. The standard InChI is InChI=1S/C3H7BN/c1-4-2-3-5/h2-3H,5H2,1H3. The first-order valence-corrected chi connectivity index (χ1v) is 1.58. The fraction of sp³-hybridized carbons (Fsp3) is 0.333. The predicted octanol–water partition coefficient (Wildman–Crippen LogP) is 0.169. The summed E-state index contributed by atoms with van der Waals surface area (Å²) in [6, 6.07) is 0. The van der Waals surface area contributed by atoms with Gasteiger partial charge in [-0.15, -0.1) is 5.98 Å². The second kappa shape index (κ2) is 3.60. The molecule has 2 N–H and O–H groups in total. The molecule has 0 atom stereocenters. The van der Waals surface area contributed by atoms with Crippen molar-refractivity contribution in [3.63, 3.8) is 0 Å². The van der Waals surface area contributed by atoms with Crippen molar-refractivity contribution < 1.29 is 0 Å². The Kier molecular flexibility index (Phi) is 3.32. The molecule has 0 amide bonds. The molecule has 0 saturated heterocycles. The van der Waals surface area contributed by atoms with Crippen LogP contribution in [0.2, 0.25) is 6.82 Å². The summed E-state index contributed by atoms with van der Waals surface area (Å²) >= 11 is 0. The number of nitrogens with two attached hydrogens (primary N) is 1. The zero-order chi connectivity index (χ0) is 4.12. The van der Waals surface area contributed by atoms with E-state index in [1.807, 2.05) is 14.1 Å². The second-order valence-corrected chi connectivity index (χ2v) is 0.718. The van der Waals surface area contributed by atoms with Gasteiger partial charge in [0.25, 0.3) is 0 Å². The molecule has 0 bridgehead atoms. The first-order valence-electron chi connectivity index (χ1n) is 1.58. The Balaban J connectivity index is 2.62. The zero-order valence-electron chi connectivity index (χ0n) is 3.31. The molecule has 0 aliphatic rings. The highest BCUT2D eigenvalue weighted by atomic mass is 14.5. The molecule has 0 aromatic rings. The summed E-state index contributed by atoms with van der Waals surface area (Å²) in [4.78, 5) is 0. The molecule has 0 fully saturated rings. The van der Waals surface area contributed by atoms with Gasteiger partial charge in [0.1, 0.15) is 7.28 Å². The molecule has 1 nitrogen and oxygen atoms in total. The normalized spacial score (nSPS) is 9.00. The molecule has 0 aliphatic carbocycles. The fourth-order valence-electron chi connectivity index (χ4n) is 0.111. The van der Waals surface area contributed by atoms with Crippen LogP contribution in [0.15, 0.2) is 12.2 Å². The van der Waals surface area contributed by atoms with Gasteiger partial charge in [-0.25, -0.2) is 0 Å². The Hall–Kier alpha value is -0.395. The van der Waals surface area contributed by atoms with Crippen molar-refractivity contribution in [3.05, 3.63) is 12.2 Å². The van der Waals surface area contributed by atoms with Gasteiger partial charge in [-0.1, -0.05) is 6.82 Å². The van der Waals surface area contributed by atoms with E-state index in [2.05, 4.69) is 0 Å². The molecular weight excluding hydrogens is 60.9 g/mol. The van der Waals surface area contributed by atoms with Crippen LogP contribution in [-0.2, 0) is 0 Å². The summed E-state index contributed by atoms with van der Waals surface area (Å²) in [5, 5.41) is 0. The number of rotatable bonds is 1. The quantitative estimate of drug-likeness (QED) is 0.435. The van der Waals surface area contributed by atoms with Crippen molar-refractivity contribution in [2.45, 2.75) is 6.82 Å². The second-order valence-electron chi connectivity index (χ2n) is 0.718. The molecule has 0 aliphatic heterocycles. The maximum Gasteiger partial charge on any atom is 0.139 e. The Morgan fingerprint density at radius 3 is 2.40 bits per heavy atom. The number of hydrogen-bond donors (Lipinski definition) is 1. The summed E-state index contributed by atoms with van der Waals surface area (Å²) in [6.07, 6.45) is 1.50. The summed E-state index contributed by atoms with van der Waals surface area (Å²) in [5.41, 5.74) is 4.93. The van der Waals surface area contributed by atoms with Gasteiger partial charge in [0, 0.05) is 0 Å². The molecule has 0 rings (SSSR count). The van der Waals surface area contributed by atoms with E-state index >= 15 is 0 Å². The van der Waals surface area contributed by atoms with Crippen LogP contribution in [0.3, 0.4) is 0 Å². The van der Waals surface area contributed by atoms with Crippen molar-refractivity contribution in [2.24, 2.45) is 5.73 Å². The van der Waals surface area contributed by atoms with Crippen molar-refractivity contribution in [2.75, 3.05) is 0 Å². The van der Waals surface area contributed by atoms with E-state index in [-0.39, 0.29) is 0 Å². The Bertz CT molecular complexity index is 33.9. The molecule has 1 radical (unpaired) electrons. The van der Waals surface area contributed by atoms with Crippen LogP contribution in [0.1, 0.15) is 0 Å². The highest BCUT2D eigenvalue weighted by molar-refractivity contribution is 6.40. The lowest BCUT2D eigenvalue weighted by Crippen LogP contribution is -1.78. The van der Waals surface area contributed by atoms with E-state index in [1.54, 1.807) is 5.98 Å². The maximum absolute atomic E-state index is 4.93. The lowest BCUT2D eigenvalue weighted by molar-refractivity contribution is 1.63. The molecule has 2 heteroatoms. The largest absolute Gasteiger partial charge is 0.406 e. The van der Waals surface area contributed by atoms with Crippen LogP contribution in [0, 0.1) is 0 Å². The third-order valence-electron chi connectivity index (χ3n) is 0.304. The minimum absolute atomic E-state index is 1.50. The Morgan fingerprint density at radius 1 is 1.80 bits per heavy atom. The zero-order valence-corrected chi connectivity index (χ0v) is 3.31. The van der Waals surface area contributed by atoms with E-state index in [0.29, 0.717) is 0 Å². The van der Waals surface area contributed by atoms with Gasteiger partial charge in [-0.3, -0.25) is 0 Å². The maximum atomic E-state index is 4.93. The molecule has 0 unspecified atom stereocenters. The molecule has 27 valence electrons. The average Bonchev–Trinajstić information content (AvgIpc) is 1.41. The van der Waals surface area contributed by atoms with Gasteiger partial charge < -0.3 is 5.73 Å². The van der Waals surface area contributed by atoms with E-state index in [0.717, 1.165) is 0 Å².